The minimum Gasteiger partial charge on any atom is -0.444 e. The number of Topliss-reactive ketones (excluding diaryl/α,β-unsaturated/α-hetero) is 1. The molecule has 23 heteroatoms. The molecule has 0 heterocycles. The summed E-state index contributed by atoms with van der Waals surface area (Å²) in [6.45, 7) is 68.9. The van der Waals surface area contributed by atoms with Crippen LogP contribution in [-0.4, -0.2) is 262 Å². The lowest BCUT2D eigenvalue weighted by molar-refractivity contribution is -0.135. The van der Waals surface area contributed by atoms with Crippen molar-refractivity contribution in [3.63, 3.8) is 0 Å². The minimum absolute atomic E-state index is 0.00806. The molecule has 2 amide bonds. The number of terminal acetylenes is 1. The lowest BCUT2D eigenvalue weighted by Gasteiger charge is -2.36. The quantitative estimate of drug-likeness (QED) is 0.0350. The van der Waals surface area contributed by atoms with Gasteiger partial charge in [0.1, 0.15) is 35.3 Å². The number of ether oxygens (including phenoxy) is 11. The molecule has 98 heavy (non-hydrogen) atoms. The molecule has 0 aromatic heterocycles. The number of carbonyl (C=O) groups excluding carboxylic acids is 3. The molecule has 1 aliphatic carbocycles. The monoisotopic (exact) mass is 1450 g/mol. The number of rotatable bonds is 36. The molecule has 596 valence electrons. The first-order chi connectivity index (χ1) is 44.6. The Kier molecular flexibility index (Phi) is 84.9. The number of nitrogens with one attached hydrogen (secondary N) is 1. The highest BCUT2D eigenvalue weighted by molar-refractivity contribution is 7.90. The highest BCUT2D eigenvalue weighted by atomic mass is 32.2. The SMILES string of the molecule is C#CCOC(C)C.CC(=O)COC(C)C.CC(C)OC1CCC1.CC(C)OCC(=O)N(C)C.CC(C)OCCCN(C)C.CC(C)OCCCS(C)(=O)=O.CC(C)OCCN(C)C.CC(C)OCCNC(=O)OC(C)(C)C.CC(C)OCCO[Si](C)(C)C(C)(C)C.CCCOC(C)C. The molecule has 1 fully saturated rings. The lowest BCUT2D eigenvalue weighted by atomic mass is 9.96. The molecule has 0 radical (unpaired) electrons. The maximum atomic E-state index is 11.1. The smallest absolute Gasteiger partial charge is 0.407 e. The number of carbonyl (C=O) groups is 3. The van der Waals surface area contributed by atoms with Gasteiger partial charge >= 0.3 is 6.09 Å². The van der Waals surface area contributed by atoms with Gasteiger partial charge in [0.2, 0.25) is 5.91 Å². The molecule has 0 aromatic carbocycles. The summed E-state index contributed by atoms with van der Waals surface area (Å²) in [6.07, 6.45) is 16.0. The van der Waals surface area contributed by atoms with Gasteiger partial charge in [0.05, 0.1) is 99.3 Å². The third-order valence-electron chi connectivity index (χ3n) is 11.7. The first kappa shape index (κ1) is 114. The zero-order chi connectivity index (χ0) is 78.9. The summed E-state index contributed by atoms with van der Waals surface area (Å²) in [5, 5.41) is 2.90. The average molecular weight is 1450 g/mol. The van der Waals surface area contributed by atoms with Crippen molar-refractivity contribution in [2.75, 3.05) is 140 Å². The molecule has 1 saturated carbocycles. The van der Waals surface area contributed by atoms with E-state index in [0.717, 1.165) is 52.4 Å². The number of sulfone groups is 1. The highest BCUT2D eigenvalue weighted by Crippen LogP contribution is 2.36. The van der Waals surface area contributed by atoms with Crippen LogP contribution in [0.2, 0.25) is 18.1 Å². The van der Waals surface area contributed by atoms with Crippen LogP contribution in [0.25, 0.3) is 0 Å². The summed E-state index contributed by atoms with van der Waals surface area (Å²) in [6, 6.07) is 0. The molecule has 1 N–H and O–H groups in total. The van der Waals surface area contributed by atoms with Crippen molar-refractivity contribution in [3.05, 3.63) is 0 Å². The minimum atomic E-state index is -2.80. The standard InChI is InChI=1S/C11H26O2Si.C10H21NO3.C8H19NO.C7H15NO2.C7H17NO.C7H16O3S.C7H14O.C6H12O2.C6H14O.C6H10O/c1-10(2)12-8-9-13-14(6,7)11(3,4)5;1-8(2)13-7-6-11-9(12)14-10(3,4)5;1-8(2)10-7-5-6-9(3)4;1-6(2)10-5-7(9)8(3)4;1-7(2)9-6-5-8(3)4;1-7(2)10-5-4-6-11(3,8)9;1-6(2)8-7-4-3-5-7;1-5(2)8-4-6(3)7;2*1-4-5-7-6(2)3/h10H,8-9H2,1-7H3;8H,6-7H2,1-5H3,(H,11,12);8H,5-7H2,1-4H3;6H,5H2,1-4H3;7H,5-6H2,1-4H3;7H,4-6H2,1-3H3;6-7H,3-5H2,1-2H3;5H,4H2,1-3H3;6H,4-5H2,1-3H3;1,6H,5H2,2-3H3. The Labute approximate surface area is 608 Å². The molecular weight excluding hydrogens is 1290 g/mol. The fourth-order valence-corrected chi connectivity index (χ4v) is 7.15. The van der Waals surface area contributed by atoms with E-state index in [1.54, 1.807) is 14.1 Å². The normalized spacial score (nSPS) is 12.2. The molecule has 1 aliphatic rings. The van der Waals surface area contributed by atoms with Gasteiger partial charge in [0.25, 0.3) is 0 Å². The van der Waals surface area contributed by atoms with Crippen molar-refractivity contribution < 1.29 is 79.3 Å². The van der Waals surface area contributed by atoms with Crippen molar-refractivity contribution in [2.24, 2.45) is 0 Å². The number of likely N-dealkylation sites (N-methyl/N-ethyl adjacent to an activating group) is 2. The number of amides is 2. The fraction of sp³-hybridized carbons (Fsp3) is 0.933. The van der Waals surface area contributed by atoms with Gasteiger partial charge in [-0.2, -0.15) is 0 Å². The van der Waals surface area contributed by atoms with Crippen LogP contribution in [0.3, 0.4) is 0 Å². The Bertz CT molecular complexity index is 1840. The molecule has 0 spiro atoms. The van der Waals surface area contributed by atoms with E-state index >= 15 is 0 Å². The van der Waals surface area contributed by atoms with Gasteiger partial charge in [-0.3, -0.25) is 9.59 Å². The summed E-state index contributed by atoms with van der Waals surface area (Å²) in [4.78, 5) is 38.0. The van der Waals surface area contributed by atoms with Gasteiger partial charge in [-0.15, -0.1) is 6.42 Å². The highest BCUT2D eigenvalue weighted by Gasteiger charge is 2.37. The topological polar surface area (TPSA) is 218 Å². The molecule has 21 nitrogen and oxygen atoms in total. The number of nitrogens with zero attached hydrogens (tertiary/aromatic N) is 3. The van der Waals surface area contributed by atoms with Gasteiger partial charge in [0, 0.05) is 53.3 Å². The van der Waals surface area contributed by atoms with Crippen LogP contribution in [0.15, 0.2) is 0 Å². The number of alkyl carbamates (subject to hydrolysis) is 1. The molecule has 0 atom stereocenters. The average Bonchev–Trinajstić information content (AvgIpc) is 0.857. The summed E-state index contributed by atoms with van der Waals surface area (Å²) in [5.41, 5.74) is -0.441. The summed E-state index contributed by atoms with van der Waals surface area (Å²) >= 11 is 0. The summed E-state index contributed by atoms with van der Waals surface area (Å²) in [7, 11) is 7.32. The maximum absolute atomic E-state index is 11.1. The van der Waals surface area contributed by atoms with Crippen molar-refractivity contribution >= 4 is 35.9 Å². The Morgan fingerprint density at radius 3 is 1.20 bits per heavy atom. The molecule has 1 rings (SSSR count). The summed E-state index contributed by atoms with van der Waals surface area (Å²) in [5.74, 6) is 2.69. The summed E-state index contributed by atoms with van der Waals surface area (Å²) < 4.78 is 84.4. The van der Waals surface area contributed by atoms with Crippen molar-refractivity contribution in [2.45, 2.75) is 323 Å². The third-order valence-corrected chi connectivity index (χ3v) is 17.2. The van der Waals surface area contributed by atoms with E-state index in [-0.39, 0.29) is 61.2 Å². The van der Waals surface area contributed by atoms with E-state index in [2.05, 4.69) is 131 Å². The fourth-order valence-electron chi connectivity index (χ4n) is 5.48. The first-order valence-electron chi connectivity index (χ1n) is 36.0. The third kappa shape index (κ3) is 127. The van der Waals surface area contributed by atoms with Crippen LogP contribution in [0, 0.1) is 12.3 Å². The Balaban J connectivity index is -0.000000129. The predicted octanol–water partition coefficient (Wildman–Crippen LogP) is 14.9. The van der Waals surface area contributed by atoms with Crippen molar-refractivity contribution in [1.82, 2.24) is 20.0 Å². The van der Waals surface area contributed by atoms with Gasteiger partial charge in [0.15, 0.2) is 14.1 Å². The van der Waals surface area contributed by atoms with Gasteiger partial charge in [-0.05, 0) is 258 Å². The lowest BCUT2D eigenvalue weighted by Crippen LogP contribution is -2.41. The Morgan fingerprint density at radius 2 is 0.918 bits per heavy atom. The van der Waals surface area contributed by atoms with Gasteiger partial charge in [-0.25, -0.2) is 13.2 Å². The van der Waals surface area contributed by atoms with Gasteiger partial charge in [-0.1, -0.05) is 33.6 Å². The van der Waals surface area contributed by atoms with Crippen LogP contribution in [0.4, 0.5) is 4.79 Å². The first-order valence-corrected chi connectivity index (χ1v) is 41.0. The van der Waals surface area contributed by atoms with Crippen LogP contribution < -0.4 is 5.32 Å². The van der Waals surface area contributed by atoms with Crippen molar-refractivity contribution in [1.29, 1.82) is 0 Å². The van der Waals surface area contributed by atoms with Crippen LogP contribution in [0.5, 0.6) is 0 Å². The zero-order valence-corrected chi connectivity index (χ0v) is 72.6. The number of ketones is 1. The van der Waals surface area contributed by atoms with E-state index < -0.39 is 29.8 Å². The maximum Gasteiger partial charge on any atom is 0.407 e. The number of hydrogen-bond donors (Lipinski definition) is 1. The zero-order valence-electron chi connectivity index (χ0n) is 70.8. The Hall–Kier alpha value is -2.38. The molecule has 0 aromatic rings. The van der Waals surface area contributed by atoms with E-state index in [9.17, 15) is 22.8 Å². The van der Waals surface area contributed by atoms with E-state index in [1.165, 1.54) is 37.3 Å². The van der Waals surface area contributed by atoms with E-state index in [4.69, 9.17) is 63.0 Å². The second-order valence-electron chi connectivity index (χ2n) is 29.5. The second-order valence-corrected chi connectivity index (χ2v) is 36.6. The largest absolute Gasteiger partial charge is 0.444 e. The van der Waals surface area contributed by atoms with Crippen LogP contribution in [0.1, 0.15) is 232 Å². The van der Waals surface area contributed by atoms with Crippen LogP contribution >= 0.6 is 0 Å². The van der Waals surface area contributed by atoms with Gasteiger partial charge < -0.3 is 76.5 Å². The Morgan fingerprint density at radius 1 is 0.531 bits per heavy atom. The van der Waals surface area contributed by atoms with Crippen molar-refractivity contribution in [3.8, 4) is 12.3 Å². The van der Waals surface area contributed by atoms with E-state index in [1.807, 2.05) is 118 Å². The predicted molar refractivity (Wildman–Crippen MR) is 416 cm³/mol. The molecule has 0 unspecified atom stereocenters. The molecule has 0 saturated heterocycles. The second kappa shape index (κ2) is 72.9. The van der Waals surface area contributed by atoms with E-state index in [0.29, 0.717) is 81.1 Å². The molecule has 0 bridgehead atoms. The number of hydrogen-bond acceptors (Lipinski definition) is 19. The van der Waals surface area contributed by atoms with Crippen LogP contribution in [-0.2, 0) is 76.0 Å². The molecular formula is C75H164N4O17SSi. The molecule has 0 aliphatic heterocycles.